The van der Waals surface area contributed by atoms with Crippen LogP contribution in [0.4, 0.5) is 0 Å². The normalized spacial score (nSPS) is 16.0. The van der Waals surface area contributed by atoms with Crippen LogP contribution in [-0.2, 0) is 24.3 Å². The largest absolute Gasteiger partial charge is 0.339 e. The molecule has 2 aromatic heterocycles. The molecule has 0 radical (unpaired) electrons. The predicted molar refractivity (Wildman–Crippen MR) is 122 cm³/mol. The number of aromatic nitrogens is 3. The molecule has 1 unspecified atom stereocenters. The van der Waals surface area contributed by atoms with E-state index in [0.717, 1.165) is 50.8 Å². The van der Waals surface area contributed by atoms with E-state index in [1.54, 1.807) is 17.7 Å². The van der Waals surface area contributed by atoms with Crippen LogP contribution in [-0.4, -0.2) is 61.9 Å². The molecule has 8 heteroatoms. The molecule has 1 amide bonds. The van der Waals surface area contributed by atoms with Gasteiger partial charge in [-0.1, -0.05) is 48.2 Å². The van der Waals surface area contributed by atoms with Crippen molar-refractivity contribution in [2.45, 2.75) is 36.8 Å². The summed E-state index contributed by atoms with van der Waals surface area (Å²) in [5.74, 6) is 0.187. The zero-order valence-corrected chi connectivity index (χ0v) is 18.8. The summed E-state index contributed by atoms with van der Waals surface area (Å²) in [5, 5.41) is 11.0. The van der Waals surface area contributed by atoms with Crippen LogP contribution in [0.3, 0.4) is 0 Å². The Hall–Kier alpha value is -2.16. The molecule has 0 spiro atoms. The quantitative estimate of drug-likeness (QED) is 0.502. The van der Waals surface area contributed by atoms with Crippen LogP contribution in [0.25, 0.3) is 0 Å². The van der Waals surface area contributed by atoms with E-state index in [9.17, 15) is 4.79 Å². The van der Waals surface area contributed by atoms with Crippen molar-refractivity contribution in [2.75, 3.05) is 26.2 Å². The van der Waals surface area contributed by atoms with Crippen LogP contribution in [0.15, 0.2) is 59.3 Å². The summed E-state index contributed by atoms with van der Waals surface area (Å²) in [7, 11) is 0. The fraction of sp³-hybridized carbons (Fsp3) is 0.409. The Balaban J connectivity index is 1.26. The second-order valence-corrected chi connectivity index (χ2v) is 9.82. The minimum atomic E-state index is -0.171. The molecule has 3 aromatic rings. The number of amides is 1. The molecule has 0 saturated carbocycles. The first kappa shape index (κ1) is 21.1. The van der Waals surface area contributed by atoms with Gasteiger partial charge in [0.05, 0.1) is 5.25 Å². The number of rotatable bonds is 8. The first-order valence-corrected chi connectivity index (χ1v) is 12.1. The molecule has 30 heavy (non-hydrogen) atoms. The summed E-state index contributed by atoms with van der Waals surface area (Å²) in [5.41, 5.74) is 1.32. The molecule has 158 valence electrons. The van der Waals surface area contributed by atoms with E-state index in [1.165, 1.54) is 22.2 Å². The third kappa shape index (κ3) is 5.50. The lowest BCUT2D eigenvalue weighted by Crippen LogP contribution is -2.50. The first-order chi connectivity index (χ1) is 14.7. The molecule has 1 aromatic carbocycles. The van der Waals surface area contributed by atoms with E-state index >= 15 is 0 Å². The minimum absolute atomic E-state index is 0.171. The van der Waals surface area contributed by atoms with E-state index in [0.29, 0.717) is 0 Å². The summed E-state index contributed by atoms with van der Waals surface area (Å²) in [6.45, 7) is 7.13. The summed E-state index contributed by atoms with van der Waals surface area (Å²) in [4.78, 5) is 18.7. The van der Waals surface area contributed by atoms with Gasteiger partial charge in [-0.2, -0.15) is 0 Å². The van der Waals surface area contributed by atoms with Crippen molar-refractivity contribution in [2.24, 2.45) is 0 Å². The second kappa shape index (κ2) is 10.2. The van der Waals surface area contributed by atoms with Crippen molar-refractivity contribution in [1.29, 1.82) is 0 Å². The van der Waals surface area contributed by atoms with Crippen molar-refractivity contribution in [3.63, 3.8) is 0 Å². The predicted octanol–water partition coefficient (Wildman–Crippen LogP) is 3.41. The Labute approximate surface area is 185 Å². The monoisotopic (exact) mass is 441 g/mol. The van der Waals surface area contributed by atoms with E-state index in [1.807, 2.05) is 22.5 Å². The van der Waals surface area contributed by atoms with Crippen molar-refractivity contribution in [3.05, 3.63) is 64.6 Å². The Bertz CT molecular complexity index is 920. The van der Waals surface area contributed by atoms with E-state index in [-0.39, 0.29) is 11.2 Å². The Morgan fingerprint density at radius 1 is 1.13 bits per heavy atom. The average Bonchev–Trinajstić information content (AvgIpc) is 3.45. The number of benzene rings is 1. The van der Waals surface area contributed by atoms with Crippen LogP contribution in [0, 0.1) is 0 Å². The smallest absolute Gasteiger partial charge is 0.235 e. The molecule has 1 fully saturated rings. The van der Waals surface area contributed by atoms with Crippen LogP contribution in [0.5, 0.6) is 0 Å². The van der Waals surface area contributed by atoms with Gasteiger partial charge in [-0.3, -0.25) is 9.69 Å². The summed E-state index contributed by atoms with van der Waals surface area (Å²) < 4.78 is 2.05. The van der Waals surface area contributed by atoms with Gasteiger partial charge in [-0.15, -0.1) is 21.5 Å². The Morgan fingerprint density at radius 2 is 1.93 bits per heavy atom. The highest BCUT2D eigenvalue weighted by Gasteiger charge is 2.26. The first-order valence-electron chi connectivity index (χ1n) is 10.3. The van der Waals surface area contributed by atoms with Gasteiger partial charge < -0.3 is 9.47 Å². The fourth-order valence-corrected chi connectivity index (χ4v) is 5.24. The number of thiophene rings is 1. The number of thioether (sulfide) groups is 1. The molecule has 0 N–H and O–H groups in total. The molecule has 0 bridgehead atoms. The second-order valence-electron chi connectivity index (χ2n) is 7.48. The fourth-order valence-electron chi connectivity index (χ4n) is 3.61. The number of carbonyl (C=O) groups is 1. The van der Waals surface area contributed by atoms with Gasteiger partial charge in [0.15, 0.2) is 5.16 Å². The highest BCUT2D eigenvalue weighted by atomic mass is 32.2. The van der Waals surface area contributed by atoms with Gasteiger partial charge in [0.25, 0.3) is 0 Å². The lowest BCUT2D eigenvalue weighted by molar-refractivity contribution is -0.132. The number of carbonyl (C=O) groups excluding carboxylic acids is 1. The number of piperazine rings is 1. The Kier molecular flexibility index (Phi) is 7.20. The van der Waals surface area contributed by atoms with Crippen LogP contribution in [0.1, 0.15) is 17.4 Å². The average molecular weight is 442 g/mol. The van der Waals surface area contributed by atoms with Crippen molar-refractivity contribution in [3.8, 4) is 0 Å². The molecule has 0 aliphatic carbocycles. The molecule has 1 aliphatic heterocycles. The third-order valence-corrected chi connectivity index (χ3v) is 7.34. The number of hydrogen-bond donors (Lipinski definition) is 0. The summed E-state index contributed by atoms with van der Waals surface area (Å²) >= 11 is 3.27. The van der Waals surface area contributed by atoms with Crippen LogP contribution >= 0.6 is 23.1 Å². The lowest BCUT2D eigenvalue weighted by atomic mass is 10.2. The maximum Gasteiger partial charge on any atom is 0.235 e. The molecule has 1 saturated heterocycles. The maximum absolute atomic E-state index is 13.0. The molecule has 4 rings (SSSR count). The summed E-state index contributed by atoms with van der Waals surface area (Å²) in [6.07, 6.45) is 2.71. The molecule has 1 atom stereocenters. The van der Waals surface area contributed by atoms with Crippen LogP contribution in [0.2, 0.25) is 0 Å². The van der Waals surface area contributed by atoms with Crippen molar-refractivity contribution < 1.29 is 4.79 Å². The molecule has 1 aliphatic rings. The highest BCUT2D eigenvalue weighted by Crippen LogP contribution is 2.24. The van der Waals surface area contributed by atoms with E-state index in [2.05, 4.69) is 56.9 Å². The highest BCUT2D eigenvalue weighted by molar-refractivity contribution is 8.00. The van der Waals surface area contributed by atoms with E-state index in [4.69, 9.17) is 0 Å². The van der Waals surface area contributed by atoms with Crippen molar-refractivity contribution >= 4 is 29.0 Å². The van der Waals surface area contributed by atoms with E-state index < -0.39 is 0 Å². The molecule has 3 heterocycles. The summed E-state index contributed by atoms with van der Waals surface area (Å²) in [6, 6.07) is 14.7. The zero-order chi connectivity index (χ0) is 20.8. The molecule has 6 nitrogen and oxygen atoms in total. The van der Waals surface area contributed by atoms with Gasteiger partial charge in [0.2, 0.25) is 5.91 Å². The topological polar surface area (TPSA) is 54.3 Å². The lowest BCUT2D eigenvalue weighted by Gasteiger charge is -2.35. The molecular formula is C22H27N5OS2. The van der Waals surface area contributed by atoms with Crippen molar-refractivity contribution in [1.82, 2.24) is 24.6 Å². The third-order valence-electron chi connectivity index (χ3n) is 5.32. The van der Waals surface area contributed by atoms with Gasteiger partial charge in [0.1, 0.15) is 6.33 Å². The maximum atomic E-state index is 13.0. The Morgan fingerprint density at radius 3 is 2.67 bits per heavy atom. The number of hydrogen-bond acceptors (Lipinski definition) is 6. The van der Waals surface area contributed by atoms with Crippen LogP contribution < -0.4 is 0 Å². The minimum Gasteiger partial charge on any atom is -0.339 e. The van der Waals surface area contributed by atoms with Gasteiger partial charge >= 0.3 is 0 Å². The SMILES string of the molecule is CC(Sc1nncn1CCc1cccs1)C(=O)N1CCN(Cc2ccccc2)CC1. The van der Waals surface area contributed by atoms with Gasteiger partial charge in [0, 0.05) is 44.1 Å². The zero-order valence-electron chi connectivity index (χ0n) is 17.2. The van der Waals surface area contributed by atoms with Gasteiger partial charge in [-0.25, -0.2) is 0 Å². The number of nitrogens with zero attached hydrogens (tertiary/aromatic N) is 5. The molecular weight excluding hydrogens is 414 g/mol. The van der Waals surface area contributed by atoms with Gasteiger partial charge in [-0.05, 0) is 30.4 Å². The standard InChI is InChI=1S/C22H27N5OS2/c1-18(30-22-24-23-17-27(22)10-9-20-8-5-15-29-20)21(28)26-13-11-25(12-14-26)16-19-6-3-2-4-7-19/h2-8,15,17-18H,9-14,16H2,1H3. The number of aryl methyl sites for hydroxylation is 2.